The quantitative estimate of drug-likeness (QED) is 0.794. The maximum atomic E-state index is 12.7. The van der Waals surface area contributed by atoms with Crippen molar-refractivity contribution in [2.24, 2.45) is 0 Å². The molecule has 0 bridgehead atoms. The van der Waals surface area contributed by atoms with E-state index < -0.39 is 0 Å². The molecule has 28 heavy (non-hydrogen) atoms. The van der Waals surface area contributed by atoms with Crippen molar-refractivity contribution in [1.29, 1.82) is 0 Å². The molecule has 0 aliphatic carbocycles. The van der Waals surface area contributed by atoms with Crippen LogP contribution in [0.1, 0.15) is 31.8 Å². The third-order valence-electron chi connectivity index (χ3n) is 4.35. The molecule has 2 heterocycles. The second-order valence-electron chi connectivity index (χ2n) is 6.42. The van der Waals surface area contributed by atoms with Crippen LogP contribution in [0.3, 0.4) is 0 Å². The topological polar surface area (TPSA) is 69.7 Å². The second-order valence-corrected chi connectivity index (χ2v) is 8.46. The summed E-state index contributed by atoms with van der Waals surface area (Å²) < 4.78 is 0. The number of piperazine rings is 1. The summed E-state index contributed by atoms with van der Waals surface area (Å²) in [6.45, 7) is 3.67. The van der Waals surface area contributed by atoms with Gasteiger partial charge in [-0.25, -0.2) is 0 Å². The largest absolute Gasteiger partial charge is 0.351 e. The molecule has 1 N–H and O–H groups in total. The van der Waals surface area contributed by atoms with Gasteiger partial charge in [-0.15, -0.1) is 11.3 Å². The number of carbonyl (C=O) groups is 3. The number of nitrogens with one attached hydrogen (secondary N) is 1. The Hall–Kier alpha value is -2.09. The van der Waals surface area contributed by atoms with Crippen LogP contribution in [-0.4, -0.2) is 53.7 Å². The molecule has 148 valence electrons. The standard InChI is InChI=1S/C19H19Cl2N3O3S/c1-12(25)22-11-16-2-3-17(28-16)19(27)24-6-4-23(5-7-24)18(26)13-8-14(20)10-15(21)9-13/h2-3,8-10H,4-7,11H2,1H3,(H,22,25). The number of carbonyl (C=O) groups excluding carboxylic acids is 3. The molecule has 1 aliphatic heterocycles. The van der Waals surface area contributed by atoms with Crippen molar-refractivity contribution in [1.82, 2.24) is 15.1 Å². The molecule has 6 nitrogen and oxygen atoms in total. The third kappa shape index (κ3) is 5.04. The van der Waals surface area contributed by atoms with Gasteiger partial charge in [-0.2, -0.15) is 0 Å². The summed E-state index contributed by atoms with van der Waals surface area (Å²) in [5.41, 5.74) is 0.443. The van der Waals surface area contributed by atoms with Gasteiger partial charge in [0.25, 0.3) is 11.8 Å². The van der Waals surface area contributed by atoms with Gasteiger partial charge in [0, 0.05) is 53.6 Å². The van der Waals surface area contributed by atoms with E-state index in [4.69, 9.17) is 23.2 Å². The van der Waals surface area contributed by atoms with Crippen LogP contribution in [0.25, 0.3) is 0 Å². The van der Waals surface area contributed by atoms with E-state index >= 15 is 0 Å². The molecule has 1 aromatic carbocycles. The van der Waals surface area contributed by atoms with Gasteiger partial charge in [0.05, 0.1) is 11.4 Å². The number of nitrogens with zero attached hydrogens (tertiary/aromatic N) is 2. The fourth-order valence-electron chi connectivity index (χ4n) is 2.93. The Morgan fingerprint density at radius 3 is 2.11 bits per heavy atom. The van der Waals surface area contributed by atoms with Gasteiger partial charge in [0.1, 0.15) is 0 Å². The summed E-state index contributed by atoms with van der Waals surface area (Å²) in [6.07, 6.45) is 0. The van der Waals surface area contributed by atoms with Crippen molar-refractivity contribution < 1.29 is 14.4 Å². The molecule has 1 saturated heterocycles. The minimum Gasteiger partial charge on any atom is -0.351 e. The summed E-state index contributed by atoms with van der Waals surface area (Å²) in [4.78, 5) is 41.3. The van der Waals surface area contributed by atoms with Crippen LogP contribution in [0.5, 0.6) is 0 Å². The summed E-state index contributed by atoms with van der Waals surface area (Å²) in [7, 11) is 0. The highest BCUT2D eigenvalue weighted by atomic mass is 35.5. The summed E-state index contributed by atoms with van der Waals surface area (Å²) in [6, 6.07) is 8.38. The number of benzene rings is 1. The van der Waals surface area contributed by atoms with Gasteiger partial charge in [0.2, 0.25) is 5.91 Å². The summed E-state index contributed by atoms with van der Waals surface area (Å²) in [5.74, 6) is -0.315. The van der Waals surface area contributed by atoms with E-state index in [-0.39, 0.29) is 17.7 Å². The molecular formula is C19H19Cl2N3O3S. The number of hydrogen-bond donors (Lipinski definition) is 1. The molecule has 1 fully saturated rings. The Labute approximate surface area is 177 Å². The molecule has 0 spiro atoms. The first-order valence-corrected chi connectivity index (χ1v) is 10.3. The number of amides is 3. The fourth-order valence-corrected chi connectivity index (χ4v) is 4.37. The highest BCUT2D eigenvalue weighted by Gasteiger charge is 2.26. The zero-order valence-corrected chi connectivity index (χ0v) is 17.5. The first-order valence-electron chi connectivity index (χ1n) is 8.71. The van der Waals surface area contributed by atoms with E-state index in [1.165, 1.54) is 18.3 Å². The Balaban J connectivity index is 1.58. The molecule has 1 aromatic heterocycles. The lowest BCUT2D eigenvalue weighted by Crippen LogP contribution is -2.50. The molecule has 0 unspecified atom stereocenters. The number of rotatable bonds is 4. The summed E-state index contributed by atoms with van der Waals surface area (Å²) >= 11 is 13.3. The van der Waals surface area contributed by atoms with Crippen molar-refractivity contribution >= 4 is 52.3 Å². The minimum absolute atomic E-state index is 0.0584. The molecule has 0 atom stereocenters. The lowest BCUT2D eigenvalue weighted by atomic mass is 10.1. The van der Waals surface area contributed by atoms with E-state index in [2.05, 4.69) is 5.32 Å². The van der Waals surface area contributed by atoms with Crippen LogP contribution < -0.4 is 5.32 Å². The monoisotopic (exact) mass is 439 g/mol. The van der Waals surface area contributed by atoms with Crippen molar-refractivity contribution in [3.8, 4) is 0 Å². The zero-order valence-electron chi connectivity index (χ0n) is 15.2. The van der Waals surface area contributed by atoms with Gasteiger partial charge < -0.3 is 15.1 Å². The van der Waals surface area contributed by atoms with Crippen LogP contribution in [0, 0.1) is 0 Å². The molecule has 1 aliphatic rings. The Morgan fingerprint density at radius 2 is 1.54 bits per heavy atom. The van der Waals surface area contributed by atoms with Crippen molar-refractivity contribution in [2.75, 3.05) is 26.2 Å². The molecule has 3 rings (SSSR count). The molecule has 2 aromatic rings. The second kappa shape index (κ2) is 8.94. The highest BCUT2D eigenvalue weighted by Crippen LogP contribution is 2.22. The van der Waals surface area contributed by atoms with E-state index in [1.54, 1.807) is 34.1 Å². The van der Waals surface area contributed by atoms with Crippen LogP contribution in [0.4, 0.5) is 0 Å². The van der Waals surface area contributed by atoms with Crippen molar-refractivity contribution in [3.63, 3.8) is 0 Å². The average molecular weight is 440 g/mol. The SMILES string of the molecule is CC(=O)NCc1ccc(C(=O)N2CCN(C(=O)c3cc(Cl)cc(Cl)c3)CC2)s1. The normalized spacial score (nSPS) is 14.1. The van der Waals surface area contributed by atoms with Crippen molar-refractivity contribution in [2.45, 2.75) is 13.5 Å². The minimum atomic E-state index is -0.148. The molecule has 3 amide bonds. The summed E-state index contributed by atoms with van der Waals surface area (Å²) in [5, 5.41) is 3.55. The van der Waals surface area contributed by atoms with Crippen LogP contribution >= 0.6 is 34.5 Å². The van der Waals surface area contributed by atoms with Crippen LogP contribution in [0.15, 0.2) is 30.3 Å². The van der Waals surface area contributed by atoms with Gasteiger partial charge in [-0.05, 0) is 30.3 Å². The smallest absolute Gasteiger partial charge is 0.264 e. The fraction of sp³-hybridized carbons (Fsp3) is 0.316. The van der Waals surface area contributed by atoms with Gasteiger partial charge in [-0.3, -0.25) is 14.4 Å². The Kier molecular flexibility index (Phi) is 6.59. The van der Waals surface area contributed by atoms with Gasteiger partial charge in [0.15, 0.2) is 0 Å². The average Bonchev–Trinajstić information content (AvgIpc) is 3.13. The Morgan fingerprint density at radius 1 is 0.964 bits per heavy atom. The first kappa shape index (κ1) is 20.6. The maximum Gasteiger partial charge on any atom is 0.264 e. The van der Waals surface area contributed by atoms with E-state index in [0.717, 1.165) is 4.88 Å². The number of hydrogen-bond acceptors (Lipinski definition) is 4. The predicted octanol–water partition coefficient (Wildman–Crippen LogP) is 3.29. The maximum absolute atomic E-state index is 12.7. The number of thiophene rings is 1. The van der Waals surface area contributed by atoms with Crippen LogP contribution in [-0.2, 0) is 11.3 Å². The van der Waals surface area contributed by atoms with E-state index in [0.29, 0.717) is 53.2 Å². The predicted molar refractivity (Wildman–Crippen MR) is 110 cm³/mol. The van der Waals surface area contributed by atoms with Gasteiger partial charge >= 0.3 is 0 Å². The van der Waals surface area contributed by atoms with Crippen LogP contribution in [0.2, 0.25) is 10.0 Å². The molecular weight excluding hydrogens is 421 g/mol. The Bertz CT molecular complexity index is 887. The number of halogens is 2. The van der Waals surface area contributed by atoms with E-state index in [9.17, 15) is 14.4 Å². The zero-order chi connectivity index (χ0) is 20.3. The van der Waals surface area contributed by atoms with Gasteiger partial charge in [-0.1, -0.05) is 23.2 Å². The van der Waals surface area contributed by atoms with Crippen molar-refractivity contribution in [3.05, 3.63) is 55.7 Å². The first-order chi connectivity index (χ1) is 13.3. The molecule has 0 saturated carbocycles. The lowest BCUT2D eigenvalue weighted by molar-refractivity contribution is -0.119. The lowest BCUT2D eigenvalue weighted by Gasteiger charge is -2.34. The third-order valence-corrected chi connectivity index (χ3v) is 5.86. The molecule has 0 radical (unpaired) electrons. The molecule has 9 heteroatoms. The highest BCUT2D eigenvalue weighted by molar-refractivity contribution is 7.14. The van der Waals surface area contributed by atoms with E-state index in [1.807, 2.05) is 6.07 Å².